The molecule has 1 atom stereocenters. The van der Waals surface area contributed by atoms with Crippen LogP contribution in [0, 0.1) is 11.7 Å². The summed E-state index contributed by atoms with van der Waals surface area (Å²) in [6.07, 6.45) is 6.87. The Morgan fingerprint density at radius 3 is 2.94 bits per heavy atom. The van der Waals surface area contributed by atoms with Gasteiger partial charge in [-0.15, -0.1) is 0 Å². The van der Waals surface area contributed by atoms with E-state index in [9.17, 15) is 4.39 Å². The monoisotopic (exact) mass is 421 g/mol. The van der Waals surface area contributed by atoms with Crippen LogP contribution in [-0.2, 0) is 6.42 Å². The smallest absolute Gasteiger partial charge is 0.174 e. The minimum absolute atomic E-state index is 0.0128. The predicted octanol–water partition coefficient (Wildman–Crippen LogP) is 4.54. The van der Waals surface area contributed by atoms with Crippen LogP contribution in [0.5, 0.6) is 11.5 Å². The second kappa shape index (κ2) is 7.57. The van der Waals surface area contributed by atoms with E-state index in [0.29, 0.717) is 12.5 Å². The number of benzene rings is 2. The molecule has 0 bridgehead atoms. The lowest BCUT2D eigenvalue weighted by molar-refractivity contribution is 0.0492. The summed E-state index contributed by atoms with van der Waals surface area (Å²) in [7, 11) is 0. The molecule has 1 saturated heterocycles. The van der Waals surface area contributed by atoms with Crippen LogP contribution < -0.4 is 9.47 Å². The number of halogens is 1. The molecule has 2 aromatic heterocycles. The third kappa shape index (κ3) is 3.53. The molecule has 1 N–H and O–H groups in total. The highest BCUT2D eigenvalue weighted by Gasteiger charge is 2.28. The highest BCUT2D eigenvalue weighted by atomic mass is 19.1. The van der Waals surface area contributed by atoms with Crippen molar-refractivity contribution in [1.82, 2.24) is 15.0 Å². The van der Waals surface area contributed by atoms with Crippen LogP contribution in [0.3, 0.4) is 0 Å². The van der Waals surface area contributed by atoms with Gasteiger partial charge >= 0.3 is 0 Å². The zero-order chi connectivity index (χ0) is 20.8. The first-order valence-electron chi connectivity index (χ1n) is 10.9. The molecule has 6 rings (SSSR count). The van der Waals surface area contributed by atoms with Gasteiger partial charge in [0.15, 0.2) is 11.5 Å². The Bertz CT molecular complexity index is 1230. The summed E-state index contributed by atoms with van der Waals surface area (Å²) in [4.78, 5) is 5.72. The van der Waals surface area contributed by atoms with Gasteiger partial charge < -0.3 is 19.0 Å². The van der Waals surface area contributed by atoms with Crippen LogP contribution in [0.25, 0.3) is 21.8 Å². The van der Waals surface area contributed by atoms with Gasteiger partial charge in [0.05, 0.1) is 5.39 Å². The minimum Gasteiger partial charge on any atom is -0.486 e. The molecule has 0 aliphatic carbocycles. The summed E-state index contributed by atoms with van der Waals surface area (Å²) in [6.45, 7) is 3.45. The maximum Gasteiger partial charge on any atom is 0.174 e. The molecule has 4 aromatic rings. The number of aromatic nitrogens is 2. The molecule has 7 heteroatoms. The Kier molecular flexibility index (Phi) is 4.56. The van der Waals surface area contributed by atoms with Crippen LogP contribution in [0.15, 0.2) is 47.3 Å². The lowest BCUT2D eigenvalue weighted by Crippen LogP contribution is -2.44. The Morgan fingerprint density at radius 1 is 1.13 bits per heavy atom. The SMILES string of the molecule is Fc1ccc2[nH]cc(CC3CCN(CC4COc5ccc6nocc6c5O4)CC3)c2c1. The molecule has 2 aliphatic rings. The number of piperidine rings is 1. The fourth-order valence-corrected chi connectivity index (χ4v) is 4.90. The van der Waals surface area contributed by atoms with Crippen molar-refractivity contribution < 1.29 is 18.4 Å². The van der Waals surface area contributed by atoms with Crippen LogP contribution in [-0.4, -0.2) is 47.4 Å². The Labute approximate surface area is 178 Å². The van der Waals surface area contributed by atoms with Crippen molar-refractivity contribution in [1.29, 1.82) is 0 Å². The largest absolute Gasteiger partial charge is 0.486 e. The number of ether oxygens (including phenoxy) is 2. The van der Waals surface area contributed by atoms with E-state index in [-0.39, 0.29) is 11.9 Å². The van der Waals surface area contributed by atoms with Gasteiger partial charge in [-0.2, -0.15) is 0 Å². The molecule has 0 radical (unpaired) electrons. The summed E-state index contributed by atoms with van der Waals surface area (Å²) in [6, 6.07) is 8.73. The lowest BCUT2D eigenvalue weighted by atomic mass is 9.90. The van der Waals surface area contributed by atoms with Gasteiger partial charge in [-0.05, 0) is 74.2 Å². The second-order valence-electron chi connectivity index (χ2n) is 8.64. The van der Waals surface area contributed by atoms with Crippen molar-refractivity contribution in [2.45, 2.75) is 25.4 Å². The first-order chi connectivity index (χ1) is 15.2. The van der Waals surface area contributed by atoms with Crippen molar-refractivity contribution in [3.05, 3.63) is 54.2 Å². The highest BCUT2D eigenvalue weighted by molar-refractivity contribution is 5.87. The topological polar surface area (TPSA) is 63.5 Å². The maximum absolute atomic E-state index is 13.7. The van der Waals surface area contributed by atoms with Gasteiger partial charge in [-0.3, -0.25) is 4.90 Å². The molecule has 0 saturated carbocycles. The molecule has 2 aromatic carbocycles. The molecule has 2 aliphatic heterocycles. The number of hydrogen-bond acceptors (Lipinski definition) is 5. The molecule has 1 unspecified atom stereocenters. The van der Waals surface area contributed by atoms with Crippen LogP contribution in [0.2, 0.25) is 0 Å². The average Bonchev–Trinajstić information content (AvgIpc) is 3.42. The van der Waals surface area contributed by atoms with Crippen molar-refractivity contribution in [3.8, 4) is 11.5 Å². The van der Waals surface area contributed by atoms with E-state index in [2.05, 4.69) is 15.0 Å². The van der Waals surface area contributed by atoms with Gasteiger partial charge in [-0.1, -0.05) is 5.16 Å². The van der Waals surface area contributed by atoms with E-state index < -0.39 is 0 Å². The summed E-state index contributed by atoms with van der Waals surface area (Å²) >= 11 is 0. The van der Waals surface area contributed by atoms with Crippen molar-refractivity contribution in [2.24, 2.45) is 5.92 Å². The highest BCUT2D eigenvalue weighted by Crippen LogP contribution is 2.38. The number of H-pyrrole nitrogens is 1. The van der Waals surface area contributed by atoms with Crippen LogP contribution >= 0.6 is 0 Å². The average molecular weight is 421 g/mol. The van der Waals surface area contributed by atoms with Crippen LogP contribution in [0.1, 0.15) is 18.4 Å². The van der Waals surface area contributed by atoms with Gasteiger partial charge in [-0.25, -0.2) is 4.39 Å². The Morgan fingerprint density at radius 2 is 2.03 bits per heavy atom. The van der Waals surface area contributed by atoms with E-state index in [4.69, 9.17) is 14.0 Å². The number of rotatable bonds is 4. The molecule has 31 heavy (non-hydrogen) atoms. The minimum atomic E-state index is -0.178. The molecule has 6 nitrogen and oxygen atoms in total. The van der Waals surface area contributed by atoms with Gasteiger partial charge in [0, 0.05) is 23.6 Å². The first-order valence-corrected chi connectivity index (χ1v) is 10.9. The number of aromatic amines is 1. The normalized spacial score (nSPS) is 20.0. The fraction of sp³-hybridized carbons (Fsp3) is 0.375. The fourth-order valence-electron chi connectivity index (χ4n) is 4.90. The zero-order valence-electron chi connectivity index (χ0n) is 17.1. The standard InChI is InChI=1S/C24H24FN3O3/c25-17-1-2-21-19(10-17)16(11-26-21)9-15-5-7-28(8-6-15)12-18-13-29-23-4-3-22-20(14-30-27-22)24(23)31-18/h1-4,10-11,14-15,18,26H,5-9,12-13H2. The first kappa shape index (κ1) is 18.7. The molecule has 4 heterocycles. The van der Waals surface area contributed by atoms with Crippen molar-refractivity contribution in [2.75, 3.05) is 26.2 Å². The van der Waals surface area contributed by atoms with Gasteiger partial charge in [0.1, 0.15) is 30.3 Å². The van der Waals surface area contributed by atoms with Gasteiger partial charge in [0.2, 0.25) is 0 Å². The second-order valence-corrected chi connectivity index (χ2v) is 8.64. The van der Waals surface area contributed by atoms with E-state index >= 15 is 0 Å². The number of hydrogen-bond donors (Lipinski definition) is 1. The Balaban J connectivity index is 1.07. The maximum atomic E-state index is 13.7. The van der Waals surface area contributed by atoms with E-state index in [0.717, 1.165) is 72.2 Å². The number of nitrogens with zero attached hydrogens (tertiary/aromatic N) is 2. The van der Waals surface area contributed by atoms with Crippen LogP contribution in [0.4, 0.5) is 4.39 Å². The van der Waals surface area contributed by atoms with E-state index in [1.165, 1.54) is 11.6 Å². The molecular formula is C24H24FN3O3. The predicted molar refractivity (Wildman–Crippen MR) is 115 cm³/mol. The third-order valence-electron chi connectivity index (χ3n) is 6.57. The lowest BCUT2D eigenvalue weighted by Gasteiger charge is -2.35. The summed E-state index contributed by atoms with van der Waals surface area (Å²) in [5.74, 6) is 1.92. The number of likely N-dealkylation sites (tertiary alicyclic amines) is 1. The molecule has 0 spiro atoms. The third-order valence-corrected chi connectivity index (χ3v) is 6.57. The molecule has 160 valence electrons. The quantitative estimate of drug-likeness (QED) is 0.524. The molecular weight excluding hydrogens is 397 g/mol. The van der Waals surface area contributed by atoms with E-state index in [1.54, 1.807) is 12.3 Å². The van der Waals surface area contributed by atoms with Gasteiger partial charge in [0.25, 0.3) is 0 Å². The van der Waals surface area contributed by atoms with E-state index in [1.807, 2.05) is 24.4 Å². The number of nitrogens with one attached hydrogen (secondary N) is 1. The zero-order valence-corrected chi connectivity index (χ0v) is 17.1. The van der Waals surface area contributed by atoms with Crippen molar-refractivity contribution >= 4 is 21.8 Å². The molecule has 0 amide bonds. The Hall–Kier alpha value is -3.06. The summed E-state index contributed by atoms with van der Waals surface area (Å²) in [5, 5.41) is 5.85. The summed E-state index contributed by atoms with van der Waals surface area (Å²) < 4.78 is 31.0. The number of fused-ring (bicyclic) bond motifs is 4. The summed E-state index contributed by atoms with van der Waals surface area (Å²) in [5.41, 5.74) is 3.00. The van der Waals surface area contributed by atoms with Crippen molar-refractivity contribution in [3.63, 3.8) is 0 Å². The molecule has 1 fully saturated rings.